The SMILES string of the molecule is CCCCN(CCCC)CCC(O)c1cc2ccccc2c2ccccc12. The molecule has 0 radical (unpaired) electrons. The average molecular weight is 364 g/mol. The minimum absolute atomic E-state index is 0.426. The van der Waals surface area contributed by atoms with E-state index in [-0.39, 0.29) is 0 Å². The molecule has 3 aromatic rings. The maximum absolute atomic E-state index is 11.1. The predicted octanol–water partition coefficient (Wildman–Crippen LogP) is 6.32. The van der Waals surface area contributed by atoms with E-state index in [1.807, 2.05) is 0 Å². The fraction of sp³-hybridized carbons (Fsp3) is 0.440. The first-order chi connectivity index (χ1) is 13.2. The number of fused-ring (bicyclic) bond motifs is 3. The molecule has 0 saturated heterocycles. The lowest BCUT2D eigenvalue weighted by Gasteiger charge is -2.24. The molecule has 0 aliphatic rings. The topological polar surface area (TPSA) is 23.5 Å². The van der Waals surface area contributed by atoms with Gasteiger partial charge < -0.3 is 10.0 Å². The number of hydrogen-bond donors (Lipinski definition) is 1. The van der Waals surface area contributed by atoms with Crippen molar-refractivity contribution in [3.63, 3.8) is 0 Å². The van der Waals surface area contributed by atoms with Gasteiger partial charge in [-0.15, -0.1) is 0 Å². The number of aliphatic hydroxyl groups excluding tert-OH is 1. The fourth-order valence-electron chi connectivity index (χ4n) is 3.92. The first-order valence-corrected chi connectivity index (χ1v) is 10.6. The van der Waals surface area contributed by atoms with Crippen molar-refractivity contribution in [2.24, 2.45) is 0 Å². The summed E-state index contributed by atoms with van der Waals surface area (Å²) in [6, 6.07) is 19.1. The molecule has 3 rings (SSSR count). The van der Waals surface area contributed by atoms with Crippen LogP contribution < -0.4 is 0 Å². The Labute approximate surface area is 163 Å². The summed E-state index contributed by atoms with van der Waals surface area (Å²) in [6.45, 7) is 7.73. The van der Waals surface area contributed by atoms with Crippen molar-refractivity contribution in [1.29, 1.82) is 0 Å². The number of aliphatic hydroxyl groups is 1. The van der Waals surface area contributed by atoms with Crippen molar-refractivity contribution in [3.05, 3.63) is 60.2 Å². The summed E-state index contributed by atoms with van der Waals surface area (Å²) in [5.41, 5.74) is 1.07. The van der Waals surface area contributed by atoms with Gasteiger partial charge in [0.15, 0.2) is 0 Å². The molecule has 0 heterocycles. The van der Waals surface area contributed by atoms with Gasteiger partial charge in [-0.3, -0.25) is 0 Å². The highest BCUT2D eigenvalue weighted by Gasteiger charge is 2.15. The van der Waals surface area contributed by atoms with Crippen LogP contribution in [0.4, 0.5) is 0 Å². The van der Waals surface area contributed by atoms with Gasteiger partial charge in [0.1, 0.15) is 0 Å². The van der Waals surface area contributed by atoms with Crippen molar-refractivity contribution in [2.75, 3.05) is 19.6 Å². The van der Waals surface area contributed by atoms with Crippen LogP contribution in [-0.4, -0.2) is 29.6 Å². The third kappa shape index (κ3) is 4.88. The molecule has 27 heavy (non-hydrogen) atoms. The number of hydrogen-bond acceptors (Lipinski definition) is 2. The summed E-state index contributed by atoms with van der Waals surface area (Å²) >= 11 is 0. The van der Waals surface area contributed by atoms with E-state index in [0.717, 1.165) is 31.6 Å². The number of nitrogens with zero attached hydrogens (tertiary/aromatic N) is 1. The zero-order chi connectivity index (χ0) is 19.1. The zero-order valence-electron chi connectivity index (χ0n) is 16.8. The summed E-state index contributed by atoms with van der Waals surface area (Å²) in [7, 11) is 0. The van der Waals surface area contributed by atoms with Crippen molar-refractivity contribution in [2.45, 2.75) is 52.1 Å². The van der Waals surface area contributed by atoms with Crippen LogP contribution in [0.5, 0.6) is 0 Å². The molecule has 0 bridgehead atoms. The van der Waals surface area contributed by atoms with Crippen LogP contribution in [0.3, 0.4) is 0 Å². The van der Waals surface area contributed by atoms with Crippen molar-refractivity contribution >= 4 is 21.5 Å². The monoisotopic (exact) mass is 363 g/mol. The third-order valence-corrected chi connectivity index (χ3v) is 5.53. The Morgan fingerprint density at radius 3 is 2.04 bits per heavy atom. The quantitative estimate of drug-likeness (QED) is 0.426. The fourth-order valence-corrected chi connectivity index (χ4v) is 3.92. The molecule has 0 aliphatic carbocycles. The van der Waals surface area contributed by atoms with Gasteiger partial charge in [-0.05, 0) is 65.5 Å². The molecule has 144 valence electrons. The summed E-state index contributed by atoms with van der Waals surface area (Å²) in [4.78, 5) is 2.53. The third-order valence-electron chi connectivity index (χ3n) is 5.53. The Morgan fingerprint density at radius 2 is 1.37 bits per heavy atom. The average Bonchev–Trinajstić information content (AvgIpc) is 2.72. The molecule has 3 aromatic carbocycles. The molecule has 1 unspecified atom stereocenters. The lowest BCUT2D eigenvalue weighted by molar-refractivity contribution is 0.142. The molecule has 0 fully saturated rings. The van der Waals surface area contributed by atoms with E-state index >= 15 is 0 Å². The van der Waals surface area contributed by atoms with Gasteiger partial charge in [-0.2, -0.15) is 0 Å². The van der Waals surface area contributed by atoms with Crippen LogP contribution >= 0.6 is 0 Å². The molecular weight excluding hydrogens is 330 g/mol. The molecule has 0 spiro atoms. The first kappa shape index (κ1) is 19.9. The summed E-state index contributed by atoms with van der Waals surface area (Å²) in [6.07, 6.45) is 5.28. The summed E-state index contributed by atoms with van der Waals surface area (Å²) in [5, 5.41) is 15.9. The Balaban J connectivity index is 1.82. The molecule has 1 N–H and O–H groups in total. The van der Waals surface area contributed by atoms with Gasteiger partial charge in [0.25, 0.3) is 0 Å². The second kappa shape index (κ2) is 9.87. The molecule has 2 nitrogen and oxygen atoms in total. The van der Waals surface area contributed by atoms with Gasteiger partial charge in [0.05, 0.1) is 6.10 Å². The Bertz CT molecular complexity index is 849. The number of rotatable bonds is 10. The smallest absolute Gasteiger partial charge is 0.0808 e. The zero-order valence-corrected chi connectivity index (χ0v) is 16.8. The van der Waals surface area contributed by atoms with Gasteiger partial charge in [-0.1, -0.05) is 75.2 Å². The maximum Gasteiger partial charge on any atom is 0.0808 e. The first-order valence-electron chi connectivity index (χ1n) is 10.6. The van der Waals surface area contributed by atoms with Crippen LogP contribution in [-0.2, 0) is 0 Å². The van der Waals surface area contributed by atoms with Crippen molar-refractivity contribution in [1.82, 2.24) is 4.90 Å². The molecule has 0 aliphatic heterocycles. The van der Waals surface area contributed by atoms with Crippen LogP contribution in [0, 0.1) is 0 Å². The Morgan fingerprint density at radius 1 is 0.778 bits per heavy atom. The van der Waals surface area contributed by atoms with Crippen LogP contribution in [0.1, 0.15) is 57.6 Å². The highest BCUT2D eigenvalue weighted by atomic mass is 16.3. The van der Waals surface area contributed by atoms with Gasteiger partial charge >= 0.3 is 0 Å². The second-order valence-electron chi connectivity index (χ2n) is 7.59. The summed E-state index contributed by atoms with van der Waals surface area (Å²) in [5.74, 6) is 0. The van der Waals surface area contributed by atoms with Crippen molar-refractivity contribution in [3.8, 4) is 0 Å². The van der Waals surface area contributed by atoms with E-state index in [1.165, 1.54) is 47.2 Å². The minimum Gasteiger partial charge on any atom is -0.388 e. The summed E-state index contributed by atoms with van der Waals surface area (Å²) < 4.78 is 0. The van der Waals surface area contributed by atoms with Crippen LogP contribution in [0.25, 0.3) is 21.5 Å². The lowest BCUT2D eigenvalue weighted by atomic mass is 9.93. The minimum atomic E-state index is -0.426. The van der Waals surface area contributed by atoms with Crippen molar-refractivity contribution < 1.29 is 5.11 Å². The predicted molar refractivity (Wildman–Crippen MR) is 117 cm³/mol. The largest absolute Gasteiger partial charge is 0.388 e. The maximum atomic E-state index is 11.1. The van der Waals surface area contributed by atoms with Crippen LogP contribution in [0.2, 0.25) is 0 Å². The van der Waals surface area contributed by atoms with E-state index in [1.54, 1.807) is 0 Å². The lowest BCUT2D eigenvalue weighted by Crippen LogP contribution is -2.28. The van der Waals surface area contributed by atoms with E-state index in [0.29, 0.717) is 0 Å². The molecule has 0 amide bonds. The normalized spacial score (nSPS) is 12.9. The Kier molecular flexibility index (Phi) is 7.25. The van der Waals surface area contributed by atoms with E-state index < -0.39 is 6.10 Å². The standard InChI is InChI=1S/C25H33NO/c1-3-5-16-26(17-6-4-2)18-15-25(27)24-19-20-11-7-8-12-21(20)22-13-9-10-14-23(22)24/h7-14,19,25,27H,3-6,15-18H2,1-2H3. The second-order valence-corrected chi connectivity index (χ2v) is 7.59. The highest BCUT2D eigenvalue weighted by molar-refractivity contribution is 6.09. The highest BCUT2D eigenvalue weighted by Crippen LogP contribution is 2.33. The number of unbranched alkanes of at least 4 members (excludes halogenated alkanes) is 2. The van der Waals surface area contributed by atoms with E-state index in [2.05, 4.69) is 73.3 Å². The van der Waals surface area contributed by atoms with Gasteiger partial charge in [0, 0.05) is 6.54 Å². The molecule has 1 atom stereocenters. The molecule has 0 aromatic heterocycles. The Hall–Kier alpha value is -1.90. The molecule has 2 heteroatoms. The van der Waals surface area contributed by atoms with Crippen LogP contribution in [0.15, 0.2) is 54.6 Å². The van der Waals surface area contributed by atoms with E-state index in [9.17, 15) is 5.11 Å². The molecule has 0 saturated carbocycles. The van der Waals surface area contributed by atoms with E-state index in [4.69, 9.17) is 0 Å². The van der Waals surface area contributed by atoms with Gasteiger partial charge in [0.2, 0.25) is 0 Å². The van der Waals surface area contributed by atoms with Gasteiger partial charge in [-0.25, -0.2) is 0 Å². The number of benzene rings is 3. The molecular formula is C25H33NO.